The summed E-state index contributed by atoms with van der Waals surface area (Å²) in [5, 5.41) is 2.29. The molecule has 0 atom stereocenters. The van der Waals surface area contributed by atoms with Crippen LogP contribution in [0.3, 0.4) is 0 Å². The third kappa shape index (κ3) is 4.91. The highest BCUT2D eigenvalue weighted by Crippen LogP contribution is 2.34. The van der Waals surface area contributed by atoms with Crippen molar-refractivity contribution in [2.24, 2.45) is 0 Å². The van der Waals surface area contributed by atoms with Gasteiger partial charge in [-0.3, -0.25) is 9.59 Å². The highest BCUT2D eigenvalue weighted by Gasteiger charge is 2.33. The first-order valence-corrected chi connectivity index (χ1v) is 9.03. The highest BCUT2D eigenvalue weighted by molar-refractivity contribution is 6.03. The van der Waals surface area contributed by atoms with Gasteiger partial charge in [0.1, 0.15) is 6.54 Å². The Hall–Kier alpha value is -2.83. The van der Waals surface area contributed by atoms with Crippen molar-refractivity contribution in [1.82, 2.24) is 0 Å². The average Bonchev–Trinajstić information content (AvgIpc) is 2.64. The number of rotatable bonds is 6. The average molecular weight is 392 g/mol. The third-order valence-corrected chi connectivity index (χ3v) is 4.42. The van der Waals surface area contributed by atoms with Gasteiger partial charge in [0.05, 0.1) is 16.9 Å². The van der Waals surface area contributed by atoms with Crippen LogP contribution in [0.2, 0.25) is 0 Å². The van der Waals surface area contributed by atoms with Crippen LogP contribution in [0.15, 0.2) is 42.5 Å². The second-order valence-electron chi connectivity index (χ2n) is 6.33. The van der Waals surface area contributed by atoms with Gasteiger partial charge in [-0.15, -0.1) is 0 Å². The predicted octanol–water partition coefficient (Wildman–Crippen LogP) is 4.82. The fourth-order valence-corrected chi connectivity index (χ4v) is 3.08. The number of aryl methyl sites for hydroxylation is 2. The van der Waals surface area contributed by atoms with E-state index in [1.165, 1.54) is 30.0 Å². The lowest BCUT2D eigenvalue weighted by atomic mass is 10.0. The maximum atomic E-state index is 13.1. The maximum Gasteiger partial charge on any atom is 0.418 e. The molecule has 4 nitrogen and oxygen atoms in total. The maximum absolute atomic E-state index is 13.1. The molecule has 0 saturated carbocycles. The lowest BCUT2D eigenvalue weighted by molar-refractivity contribution is -0.137. The Morgan fingerprint density at radius 1 is 0.964 bits per heavy atom. The smallest absolute Gasteiger partial charge is 0.324 e. The molecule has 0 saturated heterocycles. The minimum absolute atomic E-state index is 0.331. The number of hydrogen-bond acceptors (Lipinski definition) is 2. The number of hydrogen-bond donors (Lipinski definition) is 1. The SMILES string of the molecule is CCc1cccc(CC)c1N(CC(=O)Nc1ccccc1C(F)(F)F)C(C)=O. The van der Waals surface area contributed by atoms with E-state index in [9.17, 15) is 22.8 Å². The summed E-state index contributed by atoms with van der Waals surface area (Å²) in [6, 6.07) is 10.4. The lowest BCUT2D eigenvalue weighted by Gasteiger charge is -2.26. The van der Waals surface area contributed by atoms with Gasteiger partial charge in [-0.1, -0.05) is 44.2 Å². The van der Waals surface area contributed by atoms with E-state index in [1.807, 2.05) is 32.0 Å². The molecule has 0 fully saturated rings. The summed E-state index contributed by atoms with van der Waals surface area (Å²) in [6.45, 7) is 4.85. The Bertz CT molecular complexity index is 841. The van der Waals surface area contributed by atoms with Gasteiger partial charge >= 0.3 is 6.18 Å². The summed E-state index contributed by atoms with van der Waals surface area (Å²) in [5.41, 5.74) is 1.19. The quantitative estimate of drug-likeness (QED) is 0.766. The van der Waals surface area contributed by atoms with Crippen LogP contribution in [0.5, 0.6) is 0 Å². The fraction of sp³-hybridized carbons (Fsp3) is 0.333. The number of amides is 2. The van der Waals surface area contributed by atoms with Crippen molar-refractivity contribution in [3.05, 3.63) is 59.2 Å². The zero-order chi connectivity index (χ0) is 20.9. The van der Waals surface area contributed by atoms with E-state index in [0.717, 1.165) is 17.2 Å². The molecule has 2 rings (SSSR count). The molecule has 0 aliphatic carbocycles. The summed E-state index contributed by atoms with van der Waals surface area (Å²) < 4.78 is 39.4. The zero-order valence-corrected chi connectivity index (χ0v) is 16.1. The van der Waals surface area contributed by atoms with Gasteiger partial charge in [0, 0.05) is 6.92 Å². The fourth-order valence-electron chi connectivity index (χ4n) is 3.08. The van der Waals surface area contributed by atoms with Crippen LogP contribution in [-0.4, -0.2) is 18.4 Å². The number of carbonyl (C=O) groups excluding carboxylic acids is 2. The molecule has 0 aliphatic heterocycles. The van der Waals surface area contributed by atoms with E-state index >= 15 is 0 Å². The van der Waals surface area contributed by atoms with Crippen molar-refractivity contribution in [3.8, 4) is 0 Å². The Balaban J connectivity index is 2.33. The zero-order valence-electron chi connectivity index (χ0n) is 16.1. The van der Waals surface area contributed by atoms with Gasteiger partial charge in [0.15, 0.2) is 0 Å². The van der Waals surface area contributed by atoms with Gasteiger partial charge in [0.25, 0.3) is 0 Å². The summed E-state index contributed by atoms with van der Waals surface area (Å²) in [5.74, 6) is -1.05. The van der Waals surface area contributed by atoms with E-state index in [1.54, 1.807) is 0 Å². The molecule has 0 heterocycles. The van der Waals surface area contributed by atoms with Gasteiger partial charge < -0.3 is 10.2 Å². The molecular weight excluding hydrogens is 369 g/mol. The molecule has 2 amide bonds. The van der Waals surface area contributed by atoms with Crippen LogP contribution in [0.4, 0.5) is 24.5 Å². The van der Waals surface area contributed by atoms with Crippen LogP contribution in [-0.2, 0) is 28.6 Å². The largest absolute Gasteiger partial charge is 0.418 e. The van der Waals surface area contributed by atoms with Crippen LogP contribution >= 0.6 is 0 Å². The Labute approximate surface area is 162 Å². The first-order valence-electron chi connectivity index (χ1n) is 9.03. The van der Waals surface area contributed by atoms with E-state index in [0.29, 0.717) is 18.5 Å². The molecule has 2 aromatic rings. The van der Waals surface area contributed by atoms with Crippen molar-refractivity contribution in [3.63, 3.8) is 0 Å². The summed E-state index contributed by atoms with van der Waals surface area (Å²) in [6.07, 6.45) is -3.27. The van der Waals surface area contributed by atoms with Crippen molar-refractivity contribution in [2.45, 2.75) is 39.8 Å². The Morgan fingerprint density at radius 3 is 2.04 bits per heavy atom. The van der Waals surface area contributed by atoms with Crippen LogP contribution in [0.25, 0.3) is 0 Å². The van der Waals surface area contributed by atoms with E-state index in [4.69, 9.17) is 0 Å². The number of para-hydroxylation sites is 2. The van der Waals surface area contributed by atoms with Crippen LogP contribution in [0.1, 0.15) is 37.5 Å². The molecule has 0 bridgehead atoms. The molecule has 28 heavy (non-hydrogen) atoms. The molecule has 0 radical (unpaired) electrons. The molecular formula is C21H23F3N2O2. The number of carbonyl (C=O) groups is 2. The topological polar surface area (TPSA) is 49.4 Å². The van der Waals surface area contributed by atoms with Gasteiger partial charge in [-0.2, -0.15) is 13.2 Å². The molecule has 2 aromatic carbocycles. The molecule has 150 valence electrons. The molecule has 0 aliphatic rings. The van der Waals surface area contributed by atoms with E-state index in [-0.39, 0.29) is 18.1 Å². The predicted molar refractivity (Wildman–Crippen MR) is 103 cm³/mol. The molecule has 0 aromatic heterocycles. The van der Waals surface area contributed by atoms with Crippen molar-refractivity contribution < 1.29 is 22.8 Å². The highest BCUT2D eigenvalue weighted by atomic mass is 19.4. The van der Waals surface area contributed by atoms with Crippen LogP contribution < -0.4 is 10.2 Å². The number of nitrogens with one attached hydrogen (secondary N) is 1. The normalized spacial score (nSPS) is 11.2. The lowest BCUT2D eigenvalue weighted by Crippen LogP contribution is -2.38. The van der Waals surface area contributed by atoms with Crippen molar-refractivity contribution >= 4 is 23.2 Å². The number of anilines is 2. The summed E-state index contributed by atoms with van der Waals surface area (Å²) >= 11 is 0. The molecule has 1 N–H and O–H groups in total. The number of halogens is 3. The van der Waals surface area contributed by atoms with Crippen molar-refractivity contribution in [2.75, 3.05) is 16.8 Å². The number of nitrogens with zero attached hydrogens (tertiary/aromatic N) is 1. The van der Waals surface area contributed by atoms with E-state index < -0.39 is 17.6 Å². The Kier molecular flexibility index (Phi) is 6.83. The summed E-state index contributed by atoms with van der Waals surface area (Å²) in [7, 11) is 0. The molecule has 0 spiro atoms. The number of benzene rings is 2. The van der Waals surface area contributed by atoms with Crippen LogP contribution in [0, 0.1) is 0 Å². The van der Waals surface area contributed by atoms with Gasteiger partial charge in [0.2, 0.25) is 11.8 Å². The minimum atomic E-state index is -4.59. The van der Waals surface area contributed by atoms with Crippen molar-refractivity contribution in [1.29, 1.82) is 0 Å². The second-order valence-corrected chi connectivity index (χ2v) is 6.33. The molecule has 7 heteroatoms. The molecule has 0 unspecified atom stereocenters. The van der Waals surface area contributed by atoms with Gasteiger partial charge in [-0.25, -0.2) is 0 Å². The Morgan fingerprint density at radius 2 is 1.54 bits per heavy atom. The minimum Gasteiger partial charge on any atom is -0.324 e. The number of alkyl halides is 3. The third-order valence-electron chi connectivity index (χ3n) is 4.42. The summed E-state index contributed by atoms with van der Waals surface area (Å²) in [4.78, 5) is 26.1. The second kappa shape index (κ2) is 8.91. The first kappa shape index (κ1) is 21.5. The monoisotopic (exact) mass is 392 g/mol. The first-order chi connectivity index (χ1) is 13.2. The van der Waals surface area contributed by atoms with Gasteiger partial charge in [-0.05, 0) is 36.1 Å². The standard InChI is InChI=1S/C21H23F3N2O2/c1-4-15-9-8-10-16(5-2)20(15)26(14(3)27)13-19(28)25-18-12-7-6-11-17(18)21(22,23)24/h6-12H,4-5,13H2,1-3H3,(H,25,28). The van der Waals surface area contributed by atoms with E-state index in [2.05, 4.69) is 5.32 Å².